The van der Waals surface area contributed by atoms with Gasteiger partial charge in [0.05, 0.1) is 50.1 Å². The molecule has 9 heteroatoms. The van der Waals surface area contributed by atoms with Gasteiger partial charge in [0, 0.05) is 18.5 Å². The number of amides is 2. The molecule has 2 atom stereocenters. The SMILES string of the molecule is C[N+](CCN)(CCN)CCC[C@H](N)C(=O)N[C@H](CCc1ccccc1)C(=O)Nc1cnc2ccccc2c1. The first-order chi connectivity index (χ1) is 18.3. The maximum absolute atomic E-state index is 13.3. The van der Waals surface area contributed by atoms with Crippen molar-refractivity contribution in [1.29, 1.82) is 0 Å². The number of nitrogens with two attached hydrogens (primary N) is 3. The van der Waals surface area contributed by atoms with E-state index in [2.05, 4.69) is 22.7 Å². The van der Waals surface area contributed by atoms with E-state index in [1.807, 2.05) is 60.7 Å². The maximum atomic E-state index is 13.3. The zero-order chi connectivity index (χ0) is 27.4. The molecule has 0 saturated carbocycles. The molecule has 0 aliphatic heterocycles. The molecule has 8 N–H and O–H groups in total. The number of nitrogens with one attached hydrogen (secondary N) is 2. The third-order valence-electron chi connectivity index (χ3n) is 6.94. The summed E-state index contributed by atoms with van der Waals surface area (Å²) in [6.07, 6.45) is 3.97. The van der Waals surface area contributed by atoms with Crippen LogP contribution in [0.3, 0.4) is 0 Å². The van der Waals surface area contributed by atoms with E-state index >= 15 is 0 Å². The third-order valence-corrected chi connectivity index (χ3v) is 6.94. The average molecular weight is 521 g/mol. The van der Waals surface area contributed by atoms with Gasteiger partial charge in [-0.25, -0.2) is 0 Å². The van der Waals surface area contributed by atoms with E-state index in [0.717, 1.165) is 47.0 Å². The molecule has 0 fully saturated rings. The summed E-state index contributed by atoms with van der Waals surface area (Å²) < 4.78 is 0.753. The summed E-state index contributed by atoms with van der Waals surface area (Å²) in [6.45, 7) is 3.64. The van der Waals surface area contributed by atoms with Crippen molar-refractivity contribution < 1.29 is 14.1 Å². The molecule has 0 bridgehead atoms. The van der Waals surface area contributed by atoms with E-state index in [9.17, 15) is 9.59 Å². The Morgan fingerprint density at radius 1 is 0.921 bits per heavy atom. The monoisotopic (exact) mass is 520 g/mol. The number of hydrogen-bond acceptors (Lipinski definition) is 6. The summed E-state index contributed by atoms with van der Waals surface area (Å²) in [6, 6.07) is 18.0. The van der Waals surface area contributed by atoms with Gasteiger partial charge in [0.1, 0.15) is 6.04 Å². The fourth-order valence-electron chi connectivity index (χ4n) is 4.65. The molecule has 0 aliphatic rings. The number of pyridine rings is 1. The Morgan fingerprint density at radius 2 is 1.61 bits per heavy atom. The van der Waals surface area contributed by atoms with Crippen LogP contribution in [0.25, 0.3) is 10.9 Å². The van der Waals surface area contributed by atoms with Gasteiger partial charge in [-0.2, -0.15) is 0 Å². The lowest BCUT2D eigenvalue weighted by atomic mass is 10.0. The highest BCUT2D eigenvalue weighted by molar-refractivity contribution is 5.98. The summed E-state index contributed by atoms with van der Waals surface area (Å²) in [5.74, 6) is -0.629. The molecule has 1 heterocycles. The molecule has 0 aliphatic carbocycles. The van der Waals surface area contributed by atoms with Crippen molar-refractivity contribution in [3.8, 4) is 0 Å². The maximum Gasteiger partial charge on any atom is 0.247 e. The van der Waals surface area contributed by atoms with Gasteiger partial charge in [-0.3, -0.25) is 14.6 Å². The molecule has 0 saturated heterocycles. The summed E-state index contributed by atoms with van der Waals surface area (Å²) in [7, 11) is 2.12. The van der Waals surface area contributed by atoms with Gasteiger partial charge in [-0.1, -0.05) is 48.5 Å². The number of rotatable bonds is 15. The predicted molar refractivity (Wildman–Crippen MR) is 153 cm³/mol. The van der Waals surface area contributed by atoms with E-state index in [1.165, 1.54) is 0 Å². The minimum atomic E-state index is -0.740. The Kier molecular flexibility index (Phi) is 11.2. The van der Waals surface area contributed by atoms with Gasteiger partial charge in [0.2, 0.25) is 11.8 Å². The van der Waals surface area contributed by atoms with E-state index < -0.39 is 12.1 Å². The van der Waals surface area contributed by atoms with Crippen LogP contribution in [0.2, 0.25) is 0 Å². The minimum Gasteiger partial charge on any atom is -0.343 e. The first kappa shape index (κ1) is 29.2. The molecule has 0 unspecified atom stereocenters. The van der Waals surface area contributed by atoms with Gasteiger partial charge in [0.25, 0.3) is 0 Å². The van der Waals surface area contributed by atoms with Crippen molar-refractivity contribution in [2.75, 3.05) is 45.1 Å². The zero-order valence-electron chi connectivity index (χ0n) is 22.3. The molecule has 3 rings (SSSR count). The number of carbonyl (C=O) groups is 2. The first-order valence-corrected chi connectivity index (χ1v) is 13.3. The van der Waals surface area contributed by atoms with Crippen LogP contribution in [-0.4, -0.2) is 73.1 Å². The minimum absolute atomic E-state index is 0.298. The standard InChI is InChI=1S/C29H41N7O2/c1-36(18-15-30,19-16-31)17-7-11-25(32)28(37)35-27(14-13-22-8-3-2-4-9-22)29(38)34-24-20-23-10-5-6-12-26(23)33-21-24/h2-6,8-10,12,20-21,25,27H,7,11,13-19,30-32H2,1H3,(H-,34,35,37,38)/p+1/t25-,27+/m0/s1. The van der Waals surface area contributed by atoms with Crippen molar-refractivity contribution in [3.63, 3.8) is 0 Å². The average Bonchev–Trinajstić information content (AvgIpc) is 2.91. The Balaban J connectivity index is 1.63. The third kappa shape index (κ3) is 8.88. The van der Waals surface area contributed by atoms with Crippen LogP contribution >= 0.6 is 0 Å². The quantitative estimate of drug-likeness (QED) is 0.193. The van der Waals surface area contributed by atoms with Crippen LogP contribution < -0.4 is 27.8 Å². The van der Waals surface area contributed by atoms with Crippen LogP contribution in [0.1, 0.15) is 24.8 Å². The van der Waals surface area contributed by atoms with Crippen LogP contribution in [-0.2, 0) is 16.0 Å². The number of hydrogen-bond donors (Lipinski definition) is 5. The molecule has 2 aromatic carbocycles. The number of fused-ring (bicyclic) bond motifs is 1. The second-order valence-electron chi connectivity index (χ2n) is 10.1. The fraction of sp³-hybridized carbons (Fsp3) is 0.414. The Labute approximate surface area is 225 Å². The number of benzene rings is 2. The Hall–Kier alpha value is -3.37. The molecule has 9 nitrogen and oxygen atoms in total. The highest BCUT2D eigenvalue weighted by Gasteiger charge is 2.25. The van der Waals surface area contributed by atoms with Crippen LogP contribution in [0, 0.1) is 0 Å². The molecule has 0 spiro atoms. The normalized spacial score (nSPS) is 13.2. The van der Waals surface area contributed by atoms with E-state index in [0.29, 0.717) is 38.0 Å². The Bertz CT molecular complexity index is 1170. The number of anilines is 1. The number of nitrogens with zero attached hydrogens (tertiary/aromatic N) is 2. The van der Waals surface area contributed by atoms with Gasteiger partial charge < -0.3 is 32.3 Å². The highest BCUT2D eigenvalue weighted by atomic mass is 16.2. The van der Waals surface area contributed by atoms with Gasteiger partial charge in [-0.15, -0.1) is 0 Å². The van der Waals surface area contributed by atoms with Crippen molar-refractivity contribution in [2.45, 2.75) is 37.8 Å². The summed E-state index contributed by atoms with van der Waals surface area (Å²) in [5, 5.41) is 6.75. The van der Waals surface area contributed by atoms with Gasteiger partial charge in [0.15, 0.2) is 0 Å². The number of carbonyl (C=O) groups excluding carboxylic acids is 2. The molecular formula is C29H42N7O2+. The molecule has 1 aromatic heterocycles. The predicted octanol–water partition coefficient (Wildman–Crippen LogP) is 1.76. The van der Waals surface area contributed by atoms with E-state index in [4.69, 9.17) is 17.2 Å². The lowest BCUT2D eigenvalue weighted by Gasteiger charge is -2.34. The second kappa shape index (κ2) is 14.5. The number of likely N-dealkylation sites (N-methyl/N-ethyl adjacent to an activating group) is 1. The molecular weight excluding hydrogens is 478 g/mol. The van der Waals surface area contributed by atoms with Crippen LogP contribution in [0.5, 0.6) is 0 Å². The molecule has 3 aromatic rings. The molecule has 0 radical (unpaired) electrons. The summed E-state index contributed by atoms with van der Waals surface area (Å²) in [4.78, 5) is 30.7. The summed E-state index contributed by atoms with van der Waals surface area (Å²) in [5.41, 5.74) is 20.3. The lowest BCUT2D eigenvalue weighted by Crippen LogP contribution is -2.52. The lowest BCUT2D eigenvalue weighted by molar-refractivity contribution is -0.907. The topological polar surface area (TPSA) is 149 Å². The van der Waals surface area contributed by atoms with Crippen LogP contribution in [0.15, 0.2) is 66.9 Å². The molecule has 38 heavy (non-hydrogen) atoms. The number of aryl methyl sites for hydroxylation is 1. The first-order valence-electron chi connectivity index (χ1n) is 13.3. The molecule has 204 valence electrons. The van der Waals surface area contributed by atoms with Gasteiger partial charge >= 0.3 is 0 Å². The largest absolute Gasteiger partial charge is 0.343 e. The van der Waals surface area contributed by atoms with Crippen molar-refractivity contribution in [3.05, 3.63) is 72.4 Å². The number of aromatic nitrogens is 1. The van der Waals surface area contributed by atoms with Crippen LogP contribution in [0.4, 0.5) is 5.69 Å². The fourth-order valence-corrected chi connectivity index (χ4v) is 4.65. The van der Waals surface area contributed by atoms with Gasteiger partial charge in [-0.05, 0) is 43.4 Å². The highest BCUT2D eigenvalue weighted by Crippen LogP contribution is 2.17. The second-order valence-corrected chi connectivity index (χ2v) is 10.1. The van der Waals surface area contributed by atoms with E-state index in [1.54, 1.807) is 6.20 Å². The van der Waals surface area contributed by atoms with Crippen molar-refractivity contribution in [2.24, 2.45) is 17.2 Å². The number of quaternary nitrogens is 1. The Morgan fingerprint density at radius 3 is 2.32 bits per heavy atom. The number of para-hydroxylation sites is 1. The summed E-state index contributed by atoms with van der Waals surface area (Å²) >= 11 is 0. The van der Waals surface area contributed by atoms with Crippen molar-refractivity contribution >= 4 is 28.4 Å². The smallest absolute Gasteiger partial charge is 0.247 e. The van der Waals surface area contributed by atoms with E-state index in [-0.39, 0.29) is 11.8 Å². The van der Waals surface area contributed by atoms with Crippen molar-refractivity contribution in [1.82, 2.24) is 10.3 Å². The zero-order valence-corrected chi connectivity index (χ0v) is 22.3. The molecule has 2 amide bonds.